The number of anilines is 1. The molecule has 2 amide bonds. The monoisotopic (exact) mass is 535 g/mol. The van der Waals surface area contributed by atoms with E-state index in [2.05, 4.69) is 33.8 Å². The van der Waals surface area contributed by atoms with Crippen LogP contribution < -0.4 is 11.1 Å². The summed E-state index contributed by atoms with van der Waals surface area (Å²) in [6, 6.07) is 2.78. The van der Waals surface area contributed by atoms with Crippen LogP contribution in [-0.2, 0) is 9.53 Å². The molecule has 2 aliphatic rings. The van der Waals surface area contributed by atoms with E-state index in [1.165, 1.54) is 12.1 Å². The molecule has 1 aromatic carbocycles. The summed E-state index contributed by atoms with van der Waals surface area (Å²) in [7, 11) is 1.55. The highest BCUT2D eigenvalue weighted by Crippen LogP contribution is 2.37. The molecule has 39 heavy (non-hydrogen) atoms. The highest BCUT2D eigenvalue weighted by molar-refractivity contribution is 6.00. The number of nitrogens with one attached hydrogen (secondary N) is 1. The van der Waals surface area contributed by atoms with E-state index in [1.807, 2.05) is 4.57 Å². The lowest BCUT2D eigenvalue weighted by Gasteiger charge is -2.22. The number of aliphatic hydroxyl groups excluding tert-OH is 1. The second kappa shape index (κ2) is 10.9. The van der Waals surface area contributed by atoms with Crippen molar-refractivity contribution in [2.75, 3.05) is 38.7 Å². The van der Waals surface area contributed by atoms with E-state index in [4.69, 9.17) is 10.5 Å². The van der Waals surface area contributed by atoms with Gasteiger partial charge in [0, 0.05) is 32.3 Å². The summed E-state index contributed by atoms with van der Waals surface area (Å²) in [6.45, 7) is 4.09. The molecule has 1 aliphatic carbocycles. The minimum Gasteiger partial charge on any atom is -0.395 e. The molecule has 1 aliphatic heterocycles. The highest BCUT2D eigenvalue weighted by atomic mass is 19.1. The Hall–Kier alpha value is -4.21. The minimum absolute atomic E-state index is 0.0206. The van der Waals surface area contributed by atoms with Gasteiger partial charge in [-0.2, -0.15) is 5.10 Å². The Bertz CT molecular complexity index is 1500. The number of hydrogen-bond acceptors (Lipinski definition) is 7. The van der Waals surface area contributed by atoms with Gasteiger partial charge in [0.2, 0.25) is 5.91 Å². The molecule has 1 saturated heterocycles. The summed E-state index contributed by atoms with van der Waals surface area (Å²) >= 11 is 0. The van der Waals surface area contributed by atoms with Gasteiger partial charge in [0.05, 0.1) is 48.2 Å². The number of ether oxygens (including phenoxy) is 1. The summed E-state index contributed by atoms with van der Waals surface area (Å²) in [5, 5.41) is 17.0. The number of benzene rings is 1. The fourth-order valence-corrected chi connectivity index (χ4v) is 5.08. The second-order valence-electron chi connectivity index (χ2n) is 9.68. The number of carbonyl (C=O) groups excluding carboxylic acids is 2. The lowest BCUT2D eigenvalue weighted by Crippen LogP contribution is -2.37. The molecule has 3 aromatic rings. The molecule has 4 N–H and O–H groups in total. The molecule has 2 fully saturated rings. The Morgan fingerprint density at radius 3 is 2.79 bits per heavy atom. The number of methoxy groups -OCH3 is 1. The van der Waals surface area contributed by atoms with Crippen molar-refractivity contribution in [2.45, 2.75) is 37.4 Å². The summed E-state index contributed by atoms with van der Waals surface area (Å²) in [6.07, 6.45) is 5.54. The SMILES string of the molecule is C=CC(=O)N1C[C@@H](n2nc(C#Cc3cc4ncn(C5CC5)c4cc3F)c(C(N)=O)c2NCCO)C[C@@H]1COC. The molecule has 2 atom stereocenters. The molecule has 0 bridgehead atoms. The van der Waals surface area contributed by atoms with Crippen molar-refractivity contribution in [2.24, 2.45) is 5.73 Å². The number of likely N-dealkylation sites (tertiary alicyclic amines) is 1. The van der Waals surface area contributed by atoms with Crippen LogP contribution in [0, 0.1) is 17.7 Å². The molecule has 11 nitrogen and oxygen atoms in total. The van der Waals surface area contributed by atoms with Crippen LogP contribution in [0.25, 0.3) is 11.0 Å². The van der Waals surface area contributed by atoms with Gasteiger partial charge in [-0.3, -0.25) is 9.59 Å². The fourth-order valence-electron chi connectivity index (χ4n) is 5.08. The normalized spacial score (nSPS) is 18.7. The van der Waals surface area contributed by atoms with Crippen molar-refractivity contribution in [1.29, 1.82) is 0 Å². The maximum Gasteiger partial charge on any atom is 0.255 e. The van der Waals surface area contributed by atoms with E-state index in [0.29, 0.717) is 30.1 Å². The van der Waals surface area contributed by atoms with Gasteiger partial charge in [0.25, 0.3) is 5.91 Å². The first kappa shape index (κ1) is 26.4. The van der Waals surface area contributed by atoms with Crippen molar-refractivity contribution in [3.8, 4) is 11.8 Å². The van der Waals surface area contributed by atoms with Gasteiger partial charge in [0.1, 0.15) is 17.2 Å². The number of halogens is 1. The number of nitrogens with two attached hydrogens (primary N) is 1. The molecule has 5 rings (SSSR count). The number of hydrogen-bond donors (Lipinski definition) is 3. The van der Waals surface area contributed by atoms with Crippen molar-refractivity contribution >= 4 is 28.7 Å². The predicted octanol–water partition coefficient (Wildman–Crippen LogP) is 1.58. The minimum atomic E-state index is -0.782. The first-order valence-corrected chi connectivity index (χ1v) is 12.7. The molecule has 1 saturated carbocycles. The molecule has 0 spiro atoms. The second-order valence-corrected chi connectivity index (χ2v) is 9.68. The molecule has 12 heteroatoms. The number of carbonyl (C=O) groups is 2. The van der Waals surface area contributed by atoms with E-state index in [9.17, 15) is 14.7 Å². The van der Waals surface area contributed by atoms with Gasteiger partial charge in [-0.25, -0.2) is 14.1 Å². The van der Waals surface area contributed by atoms with Gasteiger partial charge in [-0.05, 0) is 37.3 Å². The average molecular weight is 536 g/mol. The third-order valence-corrected chi connectivity index (χ3v) is 7.04. The smallest absolute Gasteiger partial charge is 0.255 e. The van der Waals surface area contributed by atoms with Gasteiger partial charge in [-0.1, -0.05) is 12.5 Å². The highest BCUT2D eigenvalue weighted by Gasteiger charge is 2.38. The summed E-state index contributed by atoms with van der Waals surface area (Å²) in [5.41, 5.74) is 7.26. The Labute approximate surface area is 224 Å². The first-order valence-electron chi connectivity index (χ1n) is 12.7. The van der Waals surface area contributed by atoms with Crippen molar-refractivity contribution in [3.05, 3.63) is 53.8 Å². The van der Waals surface area contributed by atoms with Gasteiger partial charge < -0.3 is 30.4 Å². The zero-order valence-electron chi connectivity index (χ0n) is 21.6. The van der Waals surface area contributed by atoms with Crippen molar-refractivity contribution < 1.29 is 23.8 Å². The maximum atomic E-state index is 15.0. The topological polar surface area (TPSA) is 141 Å². The Morgan fingerprint density at radius 2 is 2.13 bits per heavy atom. The molecular formula is C27H30FN7O4. The van der Waals surface area contributed by atoms with E-state index in [0.717, 1.165) is 12.8 Å². The standard InChI is InChI=1S/C27H30FN7O4/c1-3-24(37)33-13-18(11-19(33)14-39-2)35-27(30-8-9-36)25(26(29)38)21(32-35)7-4-16-10-22-23(12-20(16)28)34(15-31-22)17-5-6-17/h3,10,12,15,17-19,30,36H,1,5-6,8-9,11,13-14H2,2H3,(H2,29,38)/t18-,19+/m0/s1. The maximum absolute atomic E-state index is 15.0. The van der Waals surface area contributed by atoms with E-state index in [-0.39, 0.29) is 60.3 Å². The third kappa shape index (κ3) is 5.10. The zero-order valence-corrected chi connectivity index (χ0v) is 21.6. The third-order valence-electron chi connectivity index (χ3n) is 7.04. The lowest BCUT2D eigenvalue weighted by atomic mass is 10.1. The molecular weight excluding hydrogens is 505 g/mol. The Kier molecular flexibility index (Phi) is 7.36. The quantitative estimate of drug-likeness (QED) is 0.279. The van der Waals surface area contributed by atoms with E-state index >= 15 is 4.39 Å². The lowest BCUT2D eigenvalue weighted by molar-refractivity contribution is -0.127. The number of rotatable bonds is 9. The molecule has 0 radical (unpaired) electrons. The van der Waals surface area contributed by atoms with Crippen LogP contribution in [0.2, 0.25) is 0 Å². The molecule has 3 heterocycles. The Balaban J connectivity index is 1.54. The van der Waals surface area contributed by atoms with Crippen LogP contribution in [0.15, 0.2) is 31.1 Å². The van der Waals surface area contributed by atoms with E-state index < -0.39 is 11.7 Å². The number of amides is 2. The van der Waals surface area contributed by atoms with Crippen LogP contribution in [0.1, 0.15) is 53.0 Å². The van der Waals surface area contributed by atoms with Gasteiger partial charge in [-0.15, -0.1) is 0 Å². The zero-order chi connectivity index (χ0) is 27.7. The number of aromatic nitrogens is 4. The number of primary amides is 1. The van der Waals surface area contributed by atoms with Crippen LogP contribution in [0.3, 0.4) is 0 Å². The molecule has 204 valence electrons. The summed E-state index contributed by atoms with van der Waals surface area (Å²) in [4.78, 5) is 31.1. The largest absolute Gasteiger partial charge is 0.395 e. The fraction of sp³-hybridized carbons (Fsp3) is 0.407. The predicted molar refractivity (Wildman–Crippen MR) is 141 cm³/mol. The van der Waals surface area contributed by atoms with Crippen LogP contribution in [0.4, 0.5) is 10.2 Å². The van der Waals surface area contributed by atoms with Crippen molar-refractivity contribution in [3.63, 3.8) is 0 Å². The van der Waals surface area contributed by atoms with Gasteiger partial charge >= 0.3 is 0 Å². The first-order chi connectivity index (χ1) is 18.9. The van der Waals surface area contributed by atoms with Crippen LogP contribution in [-0.4, -0.2) is 80.6 Å². The van der Waals surface area contributed by atoms with Crippen LogP contribution in [0.5, 0.6) is 0 Å². The number of fused-ring (bicyclic) bond motifs is 1. The Morgan fingerprint density at radius 1 is 1.33 bits per heavy atom. The number of aliphatic hydroxyl groups is 1. The molecule has 2 aromatic heterocycles. The molecule has 0 unspecified atom stereocenters. The average Bonchev–Trinajstić information content (AvgIpc) is 3.38. The number of nitrogens with zero attached hydrogens (tertiary/aromatic N) is 5. The summed E-state index contributed by atoms with van der Waals surface area (Å²) in [5.74, 6) is 4.34. The van der Waals surface area contributed by atoms with Crippen molar-refractivity contribution in [1.82, 2.24) is 24.2 Å². The van der Waals surface area contributed by atoms with Crippen LogP contribution >= 0.6 is 0 Å². The summed E-state index contributed by atoms with van der Waals surface area (Å²) < 4.78 is 23.9. The number of imidazole rings is 1. The van der Waals surface area contributed by atoms with E-state index in [1.54, 1.807) is 29.1 Å². The van der Waals surface area contributed by atoms with Gasteiger partial charge in [0.15, 0.2) is 5.69 Å².